The molecule has 0 unspecified atom stereocenters. The van der Waals surface area contributed by atoms with Gasteiger partial charge in [0.1, 0.15) is 24.1 Å². The fourth-order valence-corrected chi connectivity index (χ4v) is 3.49. The Balaban J connectivity index is 1.81. The molecule has 3 aromatic carbocycles. The Morgan fingerprint density at radius 3 is 2.62 bits per heavy atom. The highest BCUT2D eigenvalue weighted by atomic mass is 79.9. The van der Waals surface area contributed by atoms with Crippen molar-refractivity contribution in [2.75, 3.05) is 12.4 Å². The average molecular weight is 516 g/mol. The molecule has 0 aliphatic carbocycles. The lowest BCUT2D eigenvalue weighted by atomic mass is 10.1. The van der Waals surface area contributed by atoms with Crippen LogP contribution >= 0.6 is 27.5 Å². The maximum Gasteiger partial charge on any atom is 0.266 e. The van der Waals surface area contributed by atoms with E-state index in [4.69, 9.17) is 21.1 Å². The van der Waals surface area contributed by atoms with Gasteiger partial charge in [0.15, 0.2) is 11.5 Å². The number of hydrogen-bond acceptors (Lipinski definition) is 4. The summed E-state index contributed by atoms with van der Waals surface area (Å²) in [6.45, 7) is 0.134. The van der Waals surface area contributed by atoms with E-state index in [9.17, 15) is 14.4 Å². The van der Waals surface area contributed by atoms with Crippen LogP contribution in [0.25, 0.3) is 6.08 Å². The number of carbonyl (C=O) groups excluding carboxylic acids is 1. The SMILES string of the molecule is COc1cc(/C=C(/C#N)C(=O)Nc2ccc(Cl)cc2)cc(Br)c1OCc1cccc(F)c1. The van der Waals surface area contributed by atoms with Crippen LogP contribution in [-0.2, 0) is 11.4 Å². The molecule has 0 aromatic heterocycles. The molecule has 3 aromatic rings. The van der Waals surface area contributed by atoms with Crippen LogP contribution < -0.4 is 14.8 Å². The first-order valence-electron chi connectivity index (χ1n) is 9.33. The normalized spacial score (nSPS) is 10.9. The van der Waals surface area contributed by atoms with Crippen molar-refractivity contribution in [1.29, 1.82) is 5.26 Å². The largest absolute Gasteiger partial charge is 0.493 e. The Morgan fingerprint density at radius 2 is 1.97 bits per heavy atom. The third kappa shape index (κ3) is 6.10. The molecule has 0 bridgehead atoms. The molecule has 0 aliphatic heterocycles. The van der Waals surface area contributed by atoms with Gasteiger partial charge in [-0.25, -0.2) is 4.39 Å². The van der Waals surface area contributed by atoms with Gasteiger partial charge in [0.2, 0.25) is 0 Å². The zero-order valence-corrected chi connectivity index (χ0v) is 19.2. The van der Waals surface area contributed by atoms with Crippen molar-refractivity contribution in [3.63, 3.8) is 0 Å². The number of rotatable bonds is 7. The van der Waals surface area contributed by atoms with E-state index in [-0.39, 0.29) is 18.0 Å². The molecule has 0 heterocycles. The highest BCUT2D eigenvalue weighted by molar-refractivity contribution is 9.10. The summed E-state index contributed by atoms with van der Waals surface area (Å²) in [4.78, 5) is 12.5. The van der Waals surface area contributed by atoms with Crippen molar-refractivity contribution < 1.29 is 18.7 Å². The van der Waals surface area contributed by atoms with Gasteiger partial charge in [-0.15, -0.1) is 0 Å². The summed E-state index contributed by atoms with van der Waals surface area (Å²) in [7, 11) is 1.47. The Morgan fingerprint density at radius 1 is 1.22 bits per heavy atom. The molecule has 8 heteroatoms. The van der Waals surface area contributed by atoms with Crippen molar-refractivity contribution in [3.05, 3.63) is 92.7 Å². The smallest absolute Gasteiger partial charge is 0.266 e. The Bertz CT molecular complexity index is 1210. The van der Waals surface area contributed by atoms with E-state index in [0.717, 1.165) is 0 Å². The van der Waals surface area contributed by atoms with Crippen LogP contribution in [0.4, 0.5) is 10.1 Å². The number of carbonyl (C=O) groups is 1. The number of nitrogens with zero attached hydrogens (tertiary/aromatic N) is 1. The number of ether oxygens (including phenoxy) is 2. The monoisotopic (exact) mass is 514 g/mol. The van der Waals surface area contributed by atoms with Crippen LogP contribution in [0.5, 0.6) is 11.5 Å². The van der Waals surface area contributed by atoms with Crippen LogP contribution in [0.2, 0.25) is 5.02 Å². The molecule has 1 amide bonds. The number of nitriles is 1. The minimum atomic E-state index is -0.559. The zero-order chi connectivity index (χ0) is 23.1. The molecule has 0 atom stereocenters. The molecular formula is C24H17BrClFN2O3. The molecule has 5 nitrogen and oxygen atoms in total. The van der Waals surface area contributed by atoms with E-state index in [2.05, 4.69) is 21.2 Å². The number of methoxy groups -OCH3 is 1. The van der Waals surface area contributed by atoms with E-state index in [0.29, 0.717) is 37.8 Å². The molecule has 3 rings (SSSR count). The van der Waals surface area contributed by atoms with Crippen LogP contribution in [0.3, 0.4) is 0 Å². The minimum absolute atomic E-state index is 0.0951. The molecule has 0 aliphatic rings. The molecule has 0 saturated heterocycles. The molecule has 0 radical (unpaired) electrons. The summed E-state index contributed by atoms with van der Waals surface area (Å²) in [5.41, 5.74) is 1.63. The standard InChI is InChI=1S/C24H17BrClFN2O3/c1-31-22-12-16(9-17(13-28)24(30)29-20-7-5-18(26)6-8-20)11-21(25)23(22)32-14-15-3-2-4-19(27)10-15/h2-12H,14H2,1H3,(H,29,30)/b17-9-. The third-order valence-corrected chi connectivity index (χ3v) is 5.14. The fourth-order valence-electron chi connectivity index (χ4n) is 2.79. The van der Waals surface area contributed by atoms with Crippen molar-refractivity contribution in [2.24, 2.45) is 0 Å². The van der Waals surface area contributed by atoms with Gasteiger partial charge in [-0.1, -0.05) is 23.7 Å². The number of hydrogen-bond donors (Lipinski definition) is 1. The summed E-state index contributed by atoms with van der Waals surface area (Å²) in [5, 5.41) is 12.7. The number of amides is 1. The van der Waals surface area contributed by atoms with Gasteiger partial charge in [0.25, 0.3) is 5.91 Å². The van der Waals surface area contributed by atoms with Gasteiger partial charge < -0.3 is 14.8 Å². The predicted octanol–water partition coefficient (Wildman–Crippen LogP) is 6.37. The van der Waals surface area contributed by atoms with Gasteiger partial charge in [0.05, 0.1) is 11.6 Å². The molecule has 32 heavy (non-hydrogen) atoms. The second-order valence-corrected chi connectivity index (χ2v) is 7.87. The summed E-state index contributed by atoms with van der Waals surface area (Å²) in [6.07, 6.45) is 1.44. The average Bonchev–Trinajstić information content (AvgIpc) is 2.77. The Kier molecular flexibility index (Phi) is 7.87. The van der Waals surface area contributed by atoms with Gasteiger partial charge in [0, 0.05) is 10.7 Å². The van der Waals surface area contributed by atoms with E-state index >= 15 is 0 Å². The third-order valence-electron chi connectivity index (χ3n) is 4.30. The topological polar surface area (TPSA) is 71.3 Å². The van der Waals surface area contributed by atoms with Gasteiger partial charge in [-0.3, -0.25) is 4.79 Å². The number of benzene rings is 3. The lowest BCUT2D eigenvalue weighted by molar-refractivity contribution is -0.112. The summed E-state index contributed by atoms with van der Waals surface area (Å²) in [6, 6.07) is 17.9. The Labute approximate surface area is 198 Å². The van der Waals surface area contributed by atoms with Crippen LogP contribution in [0.1, 0.15) is 11.1 Å². The first-order chi connectivity index (χ1) is 15.4. The number of halogens is 3. The van der Waals surface area contributed by atoms with Crippen molar-refractivity contribution in [1.82, 2.24) is 0 Å². The first kappa shape index (κ1) is 23.3. The van der Waals surface area contributed by atoms with Gasteiger partial charge in [-0.05, 0) is 81.7 Å². The lowest BCUT2D eigenvalue weighted by Gasteiger charge is -2.14. The molecule has 0 fully saturated rings. The number of anilines is 1. The second kappa shape index (κ2) is 10.8. The highest BCUT2D eigenvalue weighted by Gasteiger charge is 2.14. The maximum atomic E-state index is 13.4. The van der Waals surface area contributed by atoms with Crippen molar-refractivity contribution in [3.8, 4) is 17.6 Å². The quantitative estimate of drug-likeness (QED) is 0.293. The molecule has 162 valence electrons. The van der Waals surface area contributed by atoms with E-state index in [1.165, 1.54) is 25.3 Å². The van der Waals surface area contributed by atoms with Crippen molar-refractivity contribution in [2.45, 2.75) is 6.61 Å². The number of nitrogens with one attached hydrogen (secondary N) is 1. The predicted molar refractivity (Wildman–Crippen MR) is 125 cm³/mol. The molecular weight excluding hydrogens is 499 g/mol. The Hall–Kier alpha value is -3.34. The van der Waals surface area contributed by atoms with Crippen LogP contribution in [0, 0.1) is 17.1 Å². The van der Waals surface area contributed by atoms with Crippen LogP contribution in [-0.4, -0.2) is 13.0 Å². The van der Waals surface area contributed by atoms with E-state index in [1.807, 2.05) is 6.07 Å². The first-order valence-corrected chi connectivity index (χ1v) is 10.5. The van der Waals surface area contributed by atoms with E-state index in [1.54, 1.807) is 48.5 Å². The zero-order valence-electron chi connectivity index (χ0n) is 16.9. The molecule has 1 N–H and O–H groups in total. The summed E-state index contributed by atoms with van der Waals surface area (Å²) in [5.74, 6) is -0.106. The van der Waals surface area contributed by atoms with Gasteiger partial charge in [-0.2, -0.15) is 5.26 Å². The van der Waals surface area contributed by atoms with Crippen LogP contribution in [0.15, 0.2) is 70.7 Å². The summed E-state index contributed by atoms with van der Waals surface area (Å²) < 4.78 is 25.2. The second-order valence-electron chi connectivity index (χ2n) is 6.58. The van der Waals surface area contributed by atoms with Crippen molar-refractivity contribution >= 4 is 45.2 Å². The summed E-state index contributed by atoms with van der Waals surface area (Å²) >= 11 is 9.28. The molecule has 0 saturated carbocycles. The van der Waals surface area contributed by atoms with Gasteiger partial charge >= 0.3 is 0 Å². The fraction of sp³-hybridized carbons (Fsp3) is 0.0833. The highest BCUT2D eigenvalue weighted by Crippen LogP contribution is 2.37. The maximum absolute atomic E-state index is 13.4. The lowest BCUT2D eigenvalue weighted by Crippen LogP contribution is -2.13. The molecule has 0 spiro atoms. The van der Waals surface area contributed by atoms with E-state index < -0.39 is 5.91 Å². The minimum Gasteiger partial charge on any atom is -0.493 e.